The van der Waals surface area contributed by atoms with Crippen LogP contribution in [0.2, 0.25) is 0 Å². The minimum atomic E-state index is -0.649. The molecule has 3 nitrogen and oxygen atoms in total. The van der Waals surface area contributed by atoms with Gasteiger partial charge in [0, 0.05) is 5.56 Å². The highest BCUT2D eigenvalue weighted by Gasteiger charge is 2.26. The Hall–Kier alpha value is -1.48. The molecule has 1 atom stereocenters. The molecule has 2 rings (SSSR count). The molecular formula is C11H12O3. The molecule has 0 unspecified atom stereocenters. The summed E-state index contributed by atoms with van der Waals surface area (Å²) in [5.74, 6) is 0.895. The second kappa shape index (κ2) is 3.03. The number of phenolic OH excluding ortho intramolecular Hbond substituents is 1. The Balaban J connectivity index is 2.41. The molecule has 1 heterocycles. The topological polar surface area (TPSA) is 49.7 Å². The maximum atomic E-state index is 9.24. The Morgan fingerprint density at radius 1 is 1.43 bits per heavy atom. The van der Waals surface area contributed by atoms with Crippen molar-refractivity contribution in [2.75, 3.05) is 6.61 Å². The van der Waals surface area contributed by atoms with E-state index in [9.17, 15) is 5.11 Å². The molecule has 0 aliphatic carbocycles. The van der Waals surface area contributed by atoms with E-state index < -0.39 is 5.60 Å². The Bertz CT molecular complexity index is 384. The van der Waals surface area contributed by atoms with Crippen LogP contribution in [0.1, 0.15) is 12.5 Å². The van der Waals surface area contributed by atoms with E-state index in [0.29, 0.717) is 5.75 Å². The average Bonchev–Trinajstić information content (AvgIpc) is 2.19. The molecule has 1 aromatic rings. The van der Waals surface area contributed by atoms with Crippen molar-refractivity contribution in [1.82, 2.24) is 0 Å². The number of hydrogen-bond acceptors (Lipinski definition) is 3. The van der Waals surface area contributed by atoms with Crippen molar-refractivity contribution in [3.8, 4) is 11.5 Å². The Morgan fingerprint density at radius 2 is 2.21 bits per heavy atom. The van der Waals surface area contributed by atoms with Crippen molar-refractivity contribution in [1.29, 1.82) is 0 Å². The number of aromatic hydroxyl groups is 1. The summed E-state index contributed by atoms with van der Waals surface area (Å²) in [6.07, 6.45) is 3.63. The minimum Gasteiger partial charge on any atom is -0.508 e. The Labute approximate surface area is 82.3 Å². The molecule has 2 N–H and O–H groups in total. The van der Waals surface area contributed by atoms with Gasteiger partial charge in [-0.2, -0.15) is 0 Å². The maximum Gasteiger partial charge on any atom is 0.148 e. The van der Waals surface area contributed by atoms with Crippen molar-refractivity contribution < 1.29 is 14.9 Å². The number of fused-ring (bicyclic) bond motifs is 1. The summed E-state index contributed by atoms with van der Waals surface area (Å²) >= 11 is 0. The molecule has 0 amide bonds. The van der Waals surface area contributed by atoms with Gasteiger partial charge in [-0.1, -0.05) is 6.08 Å². The average molecular weight is 192 g/mol. The Morgan fingerprint density at radius 3 is 2.93 bits per heavy atom. The number of aliphatic hydroxyl groups excluding tert-OH is 1. The maximum absolute atomic E-state index is 9.24. The van der Waals surface area contributed by atoms with Crippen LogP contribution in [0.5, 0.6) is 11.5 Å². The van der Waals surface area contributed by atoms with E-state index >= 15 is 0 Å². The molecule has 0 spiro atoms. The van der Waals surface area contributed by atoms with Crippen molar-refractivity contribution in [2.45, 2.75) is 12.5 Å². The molecule has 1 aliphatic heterocycles. The van der Waals surface area contributed by atoms with Crippen LogP contribution >= 0.6 is 0 Å². The predicted molar refractivity (Wildman–Crippen MR) is 53.3 cm³/mol. The van der Waals surface area contributed by atoms with Crippen LogP contribution in [-0.4, -0.2) is 22.4 Å². The quantitative estimate of drug-likeness (QED) is 0.709. The fraction of sp³-hybridized carbons (Fsp3) is 0.273. The van der Waals surface area contributed by atoms with Crippen molar-refractivity contribution in [3.63, 3.8) is 0 Å². The first kappa shape index (κ1) is 9.09. The lowest BCUT2D eigenvalue weighted by molar-refractivity contribution is 0.0640. The SMILES string of the molecule is C[C@@]1(CO)C=Cc2cc(O)ccc2O1. The van der Waals surface area contributed by atoms with Gasteiger partial charge in [0.15, 0.2) is 0 Å². The van der Waals surface area contributed by atoms with Crippen LogP contribution in [0.15, 0.2) is 24.3 Å². The van der Waals surface area contributed by atoms with Gasteiger partial charge in [0.2, 0.25) is 0 Å². The van der Waals surface area contributed by atoms with E-state index in [1.165, 1.54) is 0 Å². The molecule has 0 bridgehead atoms. The molecule has 74 valence electrons. The molecule has 0 saturated heterocycles. The van der Waals surface area contributed by atoms with Crippen molar-refractivity contribution in [2.24, 2.45) is 0 Å². The largest absolute Gasteiger partial charge is 0.508 e. The third-order valence-corrected chi connectivity index (χ3v) is 2.27. The first-order valence-electron chi connectivity index (χ1n) is 4.45. The molecule has 3 heteroatoms. The molecule has 0 fully saturated rings. The van der Waals surface area contributed by atoms with Gasteiger partial charge in [-0.15, -0.1) is 0 Å². The zero-order valence-corrected chi connectivity index (χ0v) is 7.90. The second-order valence-electron chi connectivity index (χ2n) is 3.63. The molecule has 0 radical (unpaired) electrons. The number of hydrogen-bond donors (Lipinski definition) is 2. The normalized spacial score (nSPS) is 24.1. The van der Waals surface area contributed by atoms with E-state index in [1.54, 1.807) is 31.2 Å². The van der Waals surface area contributed by atoms with E-state index in [4.69, 9.17) is 9.84 Å². The zero-order chi connectivity index (χ0) is 10.2. The number of rotatable bonds is 1. The monoisotopic (exact) mass is 192 g/mol. The van der Waals surface area contributed by atoms with E-state index in [1.807, 2.05) is 6.08 Å². The highest BCUT2D eigenvalue weighted by Crippen LogP contribution is 2.32. The van der Waals surface area contributed by atoms with Crippen LogP contribution in [0.4, 0.5) is 0 Å². The second-order valence-corrected chi connectivity index (χ2v) is 3.63. The molecule has 1 aliphatic rings. The number of ether oxygens (including phenoxy) is 1. The third kappa shape index (κ3) is 1.46. The lowest BCUT2D eigenvalue weighted by Crippen LogP contribution is -2.35. The summed E-state index contributed by atoms with van der Waals surface area (Å²) in [4.78, 5) is 0. The lowest BCUT2D eigenvalue weighted by Gasteiger charge is -2.29. The van der Waals surface area contributed by atoms with Gasteiger partial charge in [-0.05, 0) is 31.2 Å². The first-order chi connectivity index (χ1) is 6.63. The summed E-state index contributed by atoms with van der Waals surface area (Å²) in [5.41, 5.74) is 0.181. The van der Waals surface area contributed by atoms with E-state index in [0.717, 1.165) is 5.56 Å². The molecule has 1 aromatic carbocycles. The Kier molecular flexibility index (Phi) is 1.97. The van der Waals surface area contributed by atoms with Crippen LogP contribution in [0.3, 0.4) is 0 Å². The number of phenols is 1. The van der Waals surface area contributed by atoms with E-state index in [2.05, 4.69) is 0 Å². The highest BCUT2D eigenvalue weighted by atomic mass is 16.5. The standard InChI is InChI=1S/C11H12O3/c1-11(7-12)5-4-8-6-9(13)2-3-10(8)14-11/h2-6,12-13H,7H2,1H3/t11-/m0/s1. The summed E-state index contributed by atoms with van der Waals surface area (Å²) in [5, 5.41) is 18.3. The summed E-state index contributed by atoms with van der Waals surface area (Å²) in [7, 11) is 0. The van der Waals surface area contributed by atoms with Gasteiger partial charge in [0.25, 0.3) is 0 Å². The predicted octanol–water partition coefficient (Wildman–Crippen LogP) is 1.55. The molecule has 0 aromatic heterocycles. The first-order valence-corrected chi connectivity index (χ1v) is 4.45. The van der Waals surface area contributed by atoms with Gasteiger partial charge in [0.05, 0.1) is 6.61 Å². The molecule has 14 heavy (non-hydrogen) atoms. The fourth-order valence-electron chi connectivity index (χ4n) is 1.40. The van der Waals surface area contributed by atoms with Crippen LogP contribution < -0.4 is 4.74 Å². The van der Waals surface area contributed by atoms with Crippen LogP contribution in [-0.2, 0) is 0 Å². The summed E-state index contributed by atoms with van der Waals surface area (Å²) < 4.78 is 5.58. The number of aliphatic hydroxyl groups is 1. The highest BCUT2D eigenvalue weighted by molar-refractivity contribution is 5.62. The lowest BCUT2D eigenvalue weighted by atomic mass is 10.0. The summed E-state index contributed by atoms with van der Waals surface area (Å²) in [6, 6.07) is 4.89. The van der Waals surface area contributed by atoms with Gasteiger partial charge < -0.3 is 14.9 Å². The third-order valence-electron chi connectivity index (χ3n) is 2.27. The van der Waals surface area contributed by atoms with E-state index in [-0.39, 0.29) is 12.4 Å². The van der Waals surface area contributed by atoms with Gasteiger partial charge >= 0.3 is 0 Å². The molecule has 0 saturated carbocycles. The smallest absolute Gasteiger partial charge is 0.148 e. The summed E-state index contributed by atoms with van der Waals surface area (Å²) in [6.45, 7) is 1.74. The van der Waals surface area contributed by atoms with Gasteiger partial charge in [-0.25, -0.2) is 0 Å². The van der Waals surface area contributed by atoms with Gasteiger partial charge in [0.1, 0.15) is 17.1 Å². The van der Waals surface area contributed by atoms with Crippen molar-refractivity contribution in [3.05, 3.63) is 29.8 Å². The van der Waals surface area contributed by atoms with Crippen LogP contribution in [0.25, 0.3) is 6.08 Å². The van der Waals surface area contributed by atoms with Gasteiger partial charge in [-0.3, -0.25) is 0 Å². The van der Waals surface area contributed by atoms with Crippen LogP contribution in [0, 0.1) is 0 Å². The number of benzene rings is 1. The zero-order valence-electron chi connectivity index (χ0n) is 7.90. The minimum absolute atomic E-state index is 0.0657. The molecular weight excluding hydrogens is 180 g/mol. The fourth-order valence-corrected chi connectivity index (χ4v) is 1.40. The van der Waals surface area contributed by atoms with Crippen molar-refractivity contribution >= 4 is 6.08 Å².